The topological polar surface area (TPSA) is 56.1 Å². The van der Waals surface area contributed by atoms with E-state index in [1.54, 1.807) is 0 Å². The Morgan fingerprint density at radius 2 is 1.92 bits per heavy atom. The maximum absolute atomic E-state index is 12.5. The second-order valence-corrected chi connectivity index (χ2v) is 7.42. The fourth-order valence-electron chi connectivity index (χ4n) is 3.78. The van der Waals surface area contributed by atoms with E-state index in [-0.39, 0.29) is 11.9 Å². The quantitative estimate of drug-likeness (QED) is 0.844. The lowest BCUT2D eigenvalue weighted by atomic mass is 9.91. The predicted octanol–water partition coefficient (Wildman–Crippen LogP) is 3.82. The molecule has 1 aromatic rings. The van der Waals surface area contributed by atoms with E-state index in [9.17, 15) is 10.1 Å². The van der Waals surface area contributed by atoms with E-state index >= 15 is 0 Å². The number of hydrogen-bond acceptors (Lipinski definition) is 3. The van der Waals surface area contributed by atoms with Crippen LogP contribution in [0.2, 0.25) is 5.02 Å². The number of nitriles is 1. The van der Waals surface area contributed by atoms with E-state index in [2.05, 4.69) is 16.3 Å². The molecule has 0 aromatic heterocycles. The highest BCUT2D eigenvalue weighted by atomic mass is 35.5. The van der Waals surface area contributed by atoms with Crippen molar-refractivity contribution in [3.05, 3.63) is 34.9 Å². The summed E-state index contributed by atoms with van der Waals surface area (Å²) in [7, 11) is 0. The highest BCUT2D eigenvalue weighted by Crippen LogP contribution is 2.33. The number of amides is 1. The molecule has 0 spiro atoms. The van der Waals surface area contributed by atoms with Crippen LogP contribution in [0.1, 0.15) is 56.6 Å². The number of rotatable bonds is 4. The smallest absolute Gasteiger partial charge is 0.235 e. The van der Waals surface area contributed by atoms with Gasteiger partial charge in [0, 0.05) is 17.6 Å². The van der Waals surface area contributed by atoms with Crippen LogP contribution >= 0.6 is 11.6 Å². The molecule has 1 aliphatic heterocycles. The molecule has 3 rings (SSSR count). The molecule has 1 atom stereocenters. The fraction of sp³-hybridized carbons (Fsp3) is 0.579. The lowest BCUT2D eigenvalue weighted by Crippen LogP contribution is -2.53. The molecule has 128 valence electrons. The van der Waals surface area contributed by atoms with Crippen molar-refractivity contribution in [3.8, 4) is 6.07 Å². The molecular weight excluding hydrogens is 322 g/mol. The highest BCUT2D eigenvalue weighted by Gasteiger charge is 2.35. The first-order valence-corrected chi connectivity index (χ1v) is 9.21. The fourth-order valence-corrected chi connectivity index (χ4v) is 3.91. The Hall–Kier alpha value is -1.57. The van der Waals surface area contributed by atoms with Crippen LogP contribution in [-0.2, 0) is 4.79 Å². The summed E-state index contributed by atoms with van der Waals surface area (Å²) >= 11 is 5.94. The monoisotopic (exact) mass is 345 g/mol. The second kappa shape index (κ2) is 7.55. The number of likely N-dealkylation sites (tertiary alicyclic amines) is 1. The van der Waals surface area contributed by atoms with Crippen molar-refractivity contribution in [2.24, 2.45) is 0 Å². The van der Waals surface area contributed by atoms with Crippen LogP contribution in [0.5, 0.6) is 0 Å². The number of carbonyl (C=O) groups excluding carboxylic acids is 1. The summed E-state index contributed by atoms with van der Waals surface area (Å²) in [6.07, 6.45) is 6.95. The molecule has 1 heterocycles. The molecule has 1 saturated heterocycles. The maximum atomic E-state index is 12.5. The third-order valence-corrected chi connectivity index (χ3v) is 5.53. The summed E-state index contributed by atoms with van der Waals surface area (Å²) in [5.41, 5.74) is 0.539. The number of halogens is 1. The average Bonchev–Trinajstić information content (AvgIpc) is 2.80. The van der Waals surface area contributed by atoms with Gasteiger partial charge in [0.05, 0.1) is 12.6 Å². The lowest BCUT2D eigenvalue weighted by molar-refractivity contribution is -0.125. The summed E-state index contributed by atoms with van der Waals surface area (Å²) in [5.74, 6) is -0.0305. The van der Waals surface area contributed by atoms with E-state index in [0.29, 0.717) is 6.54 Å². The number of carbonyl (C=O) groups is 1. The van der Waals surface area contributed by atoms with Gasteiger partial charge in [-0.25, -0.2) is 0 Å². The minimum atomic E-state index is -0.659. The molecule has 2 fully saturated rings. The van der Waals surface area contributed by atoms with Crippen molar-refractivity contribution >= 4 is 17.5 Å². The standard InChI is InChI=1S/C19H24ClN3O/c20-16-7-5-15(6-8-16)17-9-12-23(17)13-18(24)22-19(14-21)10-3-1-2-4-11-19/h5-8,17H,1-4,9-13H2,(H,22,24). The predicted molar refractivity (Wildman–Crippen MR) is 94.6 cm³/mol. The SMILES string of the molecule is N#CC1(NC(=O)CN2CCC2c2ccc(Cl)cc2)CCCCCC1. The van der Waals surface area contributed by atoms with Gasteiger partial charge >= 0.3 is 0 Å². The van der Waals surface area contributed by atoms with Crippen LogP contribution in [0.4, 0.5) is 0 Å². The van der Waals surface area contributed by atoms with Crippen molar-refractivity contribution in [2.75, 3.05) is 13.1 Å². The highest BCUT2D eigenvalue weighted by molar-refractivity contribution is 6.30. The minimum Gasteiger partial charge on any atom is -0.337 e. The first-order valence-electron chi connectivity index (χ1n) is 8.84. The van der Waals surface area contributed by atoms with Gasteiger partial charge in [0.15, 0.2) is 0 Å². The van der Waals surface area contributed by atoms with Crippen LogP contribution in [0.25, 0.3) is 0 Å². The number of nitrogens with one attached hydrogen (secondary N) is 1. The summed E-state index contributed by atoms with van der Waals surface area (Å²) < 4.78 is 0. The second-order valence-electron chi connectivity index (χ2n) is 6.98. The molecule has 24 heavy (non-hydrogen) atoms. The summed E-state index contributed by atoms with van der Waals surface area (Å²) in [6.45, 7) is 1.27. The van der Waals surface area contributed by atoms with Gasteiger partial charge in [0.2, 0.25) is 5.91 Å². The normalized spacial score (nSPS) is 23.6. The van der Waals surface area contributed by atoms with E-state index < -0.39 is 5.54 Å². The molecule has 1 aliphatic carbocycles. The van der Waals surface area contributed by atoms with Gasteiger partial charge < -0.3 is 5.32 Å². The van der Waals surface area contributed by atoms with Crippen molar-refractivity contribution in [2.45, 2.75) is 56.5 Å². The first kappa shape index (κ1) is 17.3. The van der Waals surface area contributed by atoms with Crippen LogP contribution in [0.15, 0.2) is 24.3 Å². The zero-order valence-corrected chi connectivity index (χ0v) is 14.7. The van der Waals surface area contributed by atoms with E-state index in [4.69, 9.17) is 11.6 Å². The van der Waals surface area contributed by atoms with Gasteiger partial charge in [-0.05, 0) is 37.0 Å². The largest absolute Gasteiger partial charge is 0.337 e. The number of hydrogen-bond donors (Lipinski definition) is 1. The third kappa shape index (κ3) is 3.91. The summed E-state index contributed by atoms with van der Waals surface area (Å²) in [6, 6.07) is 10.5. The molecule has 0 bridgehead atoms. The number of nitrogens with zero attached hydrogens (tertiary/aromatic N) is 2. The molecule has 2 aliphatic rings. The zero-order valence-electron chi connectivity index (χ0n) is 13.9. The zero-order chi connectivity index (χ0) is 17.0. The van der Waals surface area contributed by atoms with Crippen LogP contribution in [-0.4, -0.2) is 29.4 Å². The Kier molecular flexibility index (Phi) is 5.43. The summed E-state index contributed by atoms with van der Waals surface area (Å²) in [4.78, 5) is 14.7. The first-order chi connectivity index (χ1) is 11.6. The van der Waals surface area contributed by atoms with Crippen LogP contribution in [0, 0.1) is 11.3 Å². The Bertz CT molecular complexity index is 614. The molecule has 4 nitrogen and oxygen atoms in total. The van der Waals surface area contributed by atoms with Gasteiger partial charge in [-0.2, -0.15) is 5.26 Å². The number of benzene rings is 1. The molecule has 1 amide bonds. The van der Waals surface area contributed by atoms with Crippen molar-refractivity contribution in [3.63, 3.8) is 0 Å². The molecule has 1 aromatic carbocycles. The minimum absolute atomic E-state index is 0.0305. The van der Waals surface area contributed by atoms with Crippen molar-refractivity contribution < 1.29 is 4.79 Å². The maximum Gasteiger partial charge on any atom is 0.235 e. The van der Waals surface area contributed by atoms with Crippen molar-refractivity contribution in [1.82, 2.24) is 10.2 Å². The Morgan fingerprint density at radius 3 is 2.46 bits per heavy atom. The van der Waals surface area contributed by atoms with Gasteiger partial charge in [-0.3, -0.25) is 9.69 Å². The third-order valence-electron chi connectivity index (χ3n) is 5.28. The van der Waals surface area contributed by atoms with Gasteiger partial charge in [0.1, 0.15) is 5.54 Å². The van der Waals surface area contributed by atoms with Gasteiger partial charge in [-0.1, -0.05) is 49.4 Å². The van der Waals surface area contributed by atoms with Crippen LogP contribution < -0.4 is 5.32 Å². The van der Waals surface area contributed by atoms with Crippen LogP contribution in [0.3, 0.4) is 0 Å². The molecule has 1 saturated carbocycles. The lowest BCUT2D eigenvalue weighted by Gasteiger charge is -2.41. The molecule has 0 radical (unpaired) electrons. The molecule has 1 unspecified atom stereocenters. The average molecular weight is 346 g/mol. The Morgan fingerprint density at radius 1 is 1.25 bits per heavy atom. The van der Waals surface area contributed by atoms with Gasteiger partial charge in [0.25, 0.3) is 0 Å². The van der Waals surface area contributed by atoms with E-state index in [0.717, 1.165) is 56.5 Å². The molecule has 5 heteroatoms. The van der Waals surface area contributed by atoms with E-state index in [1.807, 2.05) is 24.3 Å². The van der Waals surface area contributed by atoms with Gasteiger partial charge in [-0.15, -0.1) is 0 Å². The van der Waals surface area contributed by atoms with Crippen molar-refractivity contribution in [1.29, 1.82) is 5.26 Å². The summed E-state index contributed by atoms with van der Waals surface area (Å²) in [5, 5.41) is 13.4. The molecule has 1 N–H and O–H groups in total. The van der Waals surface area contributed by atoms with E-state index in [1.165, 1.54) is 5.56 Å². The Labute approximate surface area is 148 Å². The Balaban J connectivity index is 1.58. The molecular formula is C19H24ClN3O.